The molecule has 0 aliphatic carbocycles. The molecule has 5 heteroatoms. The van der Waals surface area contributed by atoms with E-state index in [1.807, 2.05) is 36.1 Å². The van der Waals surface area contributed by atoms with Crippen LogP contribution >= 0.6 is 11.6 Å². The maximum atomic E-state index is 12.7. The van der Waals surface area contributed by atoms with Gasteiger partial charge in [-0.1, -0.05) is 29.3 Å². The first-order valence-corrected chi connectivity index (χ1v) is 9.03. The fraction of sp³-hybridized carbons (Fsp3) is 0.350. The lowest BCUT2D eigenvalue weighted by atomic mass is 10.1. The summed E-state index contributed by atoms with van der Waals surface area (Å²) in [7, 11) is 0. The standard InChI is InChI=1S/C20H23ClN2O2/c1-15-4-7-17(8-5-15)25-13-10-22-19-14-16(21)6-9-18(19)20(24)23-11-2-3-12-23/h4-9,14,22H,2-3,10-13H2,1H3. The van der Waals surface area contributed by atoms with Crippen LogP contribution in [0.1, 0.15) is 28.8 Å². The molecule has 2 aromatic carbocycles. The second kappa shape index (κ2) is 8.26. The Hall–Kier alpha value is -2.20. The molecule has 1 saturated heterocycles. The Kier molecular flexibility index (Phi) is 5.82. The molecule has 2 aromatic rings. The minimum atomic E-state index is 0.0659. The maximum Gasteiger partial charge on any atom is 0.255 e. The van der Waals surface area contributed by atoms with E-state index in [2.05, 4.69) is 5.32 Å². The normalized spacial score (nSPS) is 13.8. The number of amides is 1. The highest BCUT2D eigenvalue weighted by molar-refractivity contribution is 6.31. The number of nitrogens with zero attached hydrogens (tertiary/aromatic N) is 1. The predicted octanol–water partition coefficient (Wildman–Crippen LogP) is 4.38. The van der Waals surface area contributed by atoms with Crippen molar-refractivity contribution >= 4 is 23.2 Å². The fourth-order valence-electron chi connectivity index (χ4n) is 2.93. The van der Waals surface area contributed by atoms with Gasteiger partial charge in [0.05, 0.1) is 5.56 Å². The van der Waals surface area contributed by atoms with Gasteiger partial charge in [-0.25, -0.2) is 0 Å². The second-order valence-electron chi connectivity index (χ2n) is 6.28. The van der Waals surface area contributed by atoms with E-state index in [0.717, 1.165) is 37.4 Å². The summed E-state index contributed by atoms with van der Waals surface area (Å²) in [5.74, 6) is 0.906. The van der Waals surface area contributed by atoms with Crippen molar-refractivity contribution in [3.8, 4) is 5.75 Å². The van der Waals surface area contributed by atoms with Crippen LogP contribution in [0.3, 0.4) is 0 Å². The second-order valence-corrected chi connectivity index (χ2v) is 6.71. The van der Waals surface area contributed by atoms with E-state index in [1.54, 1.807) is 18.2 Å². The number of aryl methyl sites for hydroxylation is 1. The zero-order valence-corrected chi connectivity index (χ0v) is 15.2. The highest BCUT2D eigenvalue weighted by Crippen LogP contribution is 2.24. The van der Waals surface area contributed by atoms with Gasteiger partial charge in [-0.15, -0.1) is 0 Å². The third-order valence-corrected chi connectivity index (χ3v) is 4.55. The van der Waals surface area contributed by atoms with Gasteiger partial charge in [0.15, 0.2) is 0 Å². The Bertz CT molecular complexity index is 725. The first-order valence-electron chi connectivity index (χ1n) is 8.65. The number of carbonyl (C=O) groups excluding carboxylic acids is 1. The van der Waals surface area contributed by atoms with Crippen LogP contribution in [-0.4, -0.2) is 37.0 Å². The summed E-state index contributed by atoms with van der Waals surface area (Å²) in [6, 6.07) is 13.3. The van der Waals surface area contributed by atoms with Gasteiger partial charge >= 0.3 is 0 Å². The summed E-state index contributed by atoms with van der Waals surface area (Å²) in [5.41, 5.74) is 2.63. The van der Waals surface area contributed by atoms with Crippen LogP contribution in [0.5, 0.6) is 5.75 Å². The van der Waals surface area contributed by atoms with Crippen LogP contribution in [0.4, 0.5) is 5.69 Å². The van der Waals surface area contributed by atoms with Crippen LogP contribution < -0.4 is 10.1 Å². The monoisotopic (exact) mass is 358 g/mol. The summed E-state index contributed by atoms with van der Waals surface area (Å²) < 4.78 is 5.72. The lowest BCUT2D eigenvalue weighted by Gasteiger charge is -2.18. The van der Waals surface area contributed by atoms with Gasteiger partial charge in [0.2, 0.25) is 0 Å². The molecular weight excluding hydrogens is 336 g/mol. The maximum absolute atomic E-state index is 12.7. The van der Waals surface area contributed by atoms with E-state index >= 15 is 0 Å². The number of hydrogen-bond acceptors (Lipinski definition) is 3. The van der Waals surface area contributed by atoms with E-state index in [1.165, 1.54) is 5.56 Å². The number of hydrogen-bond donors (Lipinski definition) is 1. The van der Waals surface area contributed by atoms with Gasteiger partial charge in [0.25, 0.3) is 5.91 Å². The van der Waals surface area contributed by atoms with Crippen molar-refractivity contribution in [3.05, 3.63) is 58.6 Å². The molecule has 3 rings (SSSR count). The van der Waals surface area contributed by atoms with Gasteiger partial charge in [0.1, 0.15) is 12.4 Å². The van der Waals surface area contributed by atoms with Crippen molar-refractivity contribution < 1.29 is 9.53 Å². The molecule has 132 valence electrons. The summed E-state index contributed by atoms with van der Waals surface area (Å²) >= 11 is 6.11. The molecule has 0 saturated carbocycles. The molecule has 0 atom stereocenters. The van der Waals surface area contributed by atoms with E-state index in [4.69, 9.17) is 16.3 Å². The van der Waals surface area contributed by atoms with E-state index < -0.39 is 0 Å². The number of nitrogens with one attached hydrogen (secondary N) is 1. The summed E-state index contributed by atoms with van der Waals surface area (Å²) in [5, 5.41) is 3.89. The Balaban J connectivity index is 1.60. The lowest BCUT2D eigenvalue weighted by Crippen LogP contribution is -2.28. The van der Waals surface area contributed by atoms with Crippen LogP contribution in [0, 0.1) is 6.92 Å². The molecule has 0 unspecified atom stereocenters. The van der Waals surface area contributed by atoms with Crippen LogP contribution in [0.2, 0.25) is 5.02 Å². The minimum absolute atomic E-state index is 0.0659. The summed E-state index contributed by atoms with van der Waals surface area (Å²) in [4.78, 5) is 14.6. The molecule has 0 radical (unpaired) electrons. The lowest BCUT2D eigenvalue weighted by molar-refractivity contribution is 0.0793. The largest absolute Gasteiger partial charge is 0.492 e. The van der Waals surface area contributed by atoms with Crippen molar-refractivity contribution in [3.63, 3.8) is 0 Å². The molecule has 1 N–H and O–H groups in total. The molecule has 1 fully saturated rings. The molecule has 0 aromatic heterocycles. The van der Waals surface area contributed by atoms with Gasteiger partial charge in [-0.2, -0.15) is 0 Å². The Morgan fingerprint density at radius 3 is 2.60 bits per heavy atom. The zero-order chi connectivity index (χ0) is 17.6. The van der Waals surface area contributed by atoms with Crippen LogP contribution in [0.15, 0.2) is 42.5 Å². The van der Waals surface area contributed by atoms with Crippen LogP contribution in [0.25, 0.3) is 0 Å². The quantitative estimate of drug-likeness (QED) is 0.779. The molecule has 1 amide bonds. The predicted molar refractivity (Wildman–Crippen MR) is 102 cm³/mol. The zero-order valence-electron chi connectivity index (χ0n) is 14.4. The van der Waals surface area contributed by atoms with E-state index in [-0.39, 0.29) is 5.91 Å². The van der Waals surface area contributed by atoms with Gasteiger partial charge < -0.3 is 15.0 Å². The minimum Gasteiger partial charge on any atom is -0.492 e. The van der Waals surface area contributed by atoms with Crippen molar-refractivity contribution in [2.24, 2.45) is 0 Å². The molecule has 1 heterocycles. The average molecular weight is 359 g/mol. The molecule has 4 nitrogen and oxygen atoms in total. The first kappa shape index (κ1) is 17.6. The molecule has 25 heavy (non-hydrogen) atoms. The number of halogens is 1. The number of carbonyl (C=O) groups is 1. The SMILES string of the molecule is Cc1ccc(OCCNc2cc(Cl)ccc2C(=O)N2CCCC2)cc1. The number of anilines is 1. The number of benzene rings is 2. The molecular formula is C20H23ClN2O2. The van der Waals surface area contributed by atoms with Gasteiger partial charge in [0, 0.05) is 30.3 Å². The third kappa shape index (κ3) is 4.67. The smallest absolute Gasteiger partial charge is 0.255 e. The number of likely N-dealkylation sites (tertiary alicyclic amines) is 1. The van der Waals surface area contributed by atoms with Crippen molar-refractivity contribution in [1.82, 2.24) is 4.90 Å². The number of rotatable bonds is 6. The van der Waals surface area contributed by atoms with Crippen molar-refractivity contribution in [1.29, 1.82) is 0 Å². The Morgan fingerprint density at radius 2 is 1.88 bits per heavy atom. The average Bonchev–Trinajstić information content (AvgIpc) is 3.14. The molecule has 0 spiro atoms. The van der Waals surface area contributed by atoms with Crippen molar-refractivity contribution in [2.45, 2.75) is 19.8 Å². The highest BCUT2D eigenvalue weighted by atomic mass is 35.5. The first-order chi connectivity index (χ1) is 12.1. The molecule has 0 bridgehead atoms. The topological polar surface area (TPSA) is 41.6 Å². The van der Waals surface area contributed by atoms with E-state index in [0.29, 0.717) is 23.7 Å². The van der Waals surface area contributed by atoms with Crippen LogP contribution in [-0.2, 0) is 0 Å². The van der Waals surface area contributed by atoms with Crippen molar-refractivity contribution in [2.75, 3.05) is 31.6 Å². The van der Waals surface area contributed by atoms with Gasteiger partial charge in [-0.3, -0.25) is 4.79 Å². The molecule has 1 aliphatic heterocycles. The summed E-state index contributed by atoms with van der Waals surface area (Å²) in [6.45, 7) is 4.81. The highest BCUT2D eigenvalue weighted by Gasteiger charge is 2.21. The Morgan fingerprint density at radius 1 is 1.16 bits per heavy atom. The van der Waals surface area contributed by atoms with Gasteiger partial charge in [-0.05, 0) is 50.1 Å². The third-order valence-electron chi connectivity index (χ3n) is 4.31. The van der Waals surface area contributed by atoms with E-state index in [9.17, 15) is 4.79 Å². The molecule has 1 aliphatic rings. The number of ether oxygens (including phenoxy) is 1. The Labute approximate surface area is 153 Å². The summed E-state index contributed by atoms with van der Waals surface area (Å²) in [6.07, 6.45) is 2.15. The fourth-order valence-corrected chi connectivity index (χ4v) is 3.10.